The summed E-state index contributed by atoms with van der Waals surface area (Å²) in [5, 5.41) is 44.9. The average molecular weight is 346 g/mol. The summed E-state index contributed by atoms with van der Waals surface area (Å²) < 4.78 is 4.91. The number of rotatable bonds is 6. The quantitative estimate of drug-likeness (QED) is 0.464. The SMILES string of the molecule is COc1c(O)c(O)cc(C(=O)O)c1/N=N/c1ccc(CC(=O)O)cc1. The minimum atomic E-state index is -1.39. The maximum atomic E-state index is 11.3. The van der Waals surface area contributed by atoms with Crippen LogP contribution >= 0.6 is 0 Å². The highest BCUT2D eigenvalue weighted by Crippen LogP contribution is 2.45. The summed E-state index contributed by atoms with van der Waals surface area (Å²) in [4.78, 5) is 21.9. The number of benzene rings is 2. The van der Waals surface area contributed by atoms with E-state index < -0.39 is 29.0 Å². The van der Waals surface area contributed by atoms with E-state index in [-0.39, 0.29) is 17.9 Å². The third-order valence-electron chi connectivity index (χ3n) is 3.20. The molecule has 0 aromatic heterocycles. The fourth-order valence-corrected chi connectivity index (χ4v) is 2.04. The molecule has 2 aromatic carbocycles. The zero-order chi connectivity index (χ0) is 18.6. The van der Waals surface area contributed by atoms with Gasteiger partial charge in [0.25, 0.3) is 0 Å². The van der Waals surface area contributed by atoms with E-state index in [9.17, 15) is 24.9 Å². The van der Waals surface area contributed by atoms with Gasteiger partial charge in [-0.1, -0.05) is 12.1 Å². The van der Waals surface area contributed by atoms with E-state index in [1.807, 2.05) is 0 Å². The second-order valence-electron chi connectivity index (χ2n) is 4.92. The topological polar surface area (TPSA) is 149 Å². The number of aromatic hydroxyl groups is 2. The predicted molar refractivity (Wildman–Crippen MR) is 85.2 cm³/mol. The number of carboxylic acids is 2. The lowest BCUT2D eigenvalue weighted by Gasteiger charge is -2.10. The molecule has 0 aliphatic rings. The molecule has 0 aliphatic heterocycles. The van der Waals surface area contributed by atoms with Crippen molar-refractivity contribution in [3.05, 3.63) is 41.5 Å². The van der Waals surface area contributed by atoms with Gasteiger partial charge in [0, 0.05) is 6.07 Å². The molecular weight excluding hydrogens is 332 g/mol. The van der Waals surface area contributed by atoms with Crippen molar-refractivity contribution in [3.8, 4) is 17.2 Å². The molecule has 0 aliphatic carbocycles. The van der Waals surface area contributed by atoms with Crippen molar-refractivity contribution < 1.29 is 34.8 Å². The smallest absolute Gasteiger partial charge is 0.338 e. The Hall–Kier alpha value is -3.62. The van der Waals surface area contributed by atoms with Crippen LogP contribution in [0.5, 0.6) is 17.2 Å². The van der Waals surface area contributed by atoms with Crippen LogP contribution < -0.4 is 4.74 Å². The first kappa shape index (κ1) is 17.7. The Morgan fingerprint density at radius 1 is 1.08 bits per heavy atom. The summed E-state index contributed by atoms with van der Waals surface area (Å²) >= 11 is 0. The molecule has 2 aromatic rings. The number of hydrogen-bond acceptors (Lipinski definition) is 7. The Labute approximate surface area is 141 Å². The van der Waals surface area contributed by atoms with Gasteiger partial charge in [-0.25, -0.2) is 4.79 Å². The minimum Gasteiger partial charge on any atom is -0.504 e. The highest BCUT2D eigenvalue weighted by molar-refractivity contribution is 5.96. The summed E-state index contributed by atoms with van der Waals surface area (Å²) in [6, 6.07) is 6.95. The summed E-state index contributed by atoms with van der Waals surface area (Å²) in [5.41, 5.74) is 0.232. The average Bonchev–Trinajstić information content (AvgIpc) is 2.56. The third kappa shape index (κ3) is 4.02. The number of ether oxygens (including phenoxy) is 1. The molecule has 0 bridgehead atoms. The van der Waals surface area contributed by atoms with Crippen molar-refractivity contribution in [1.82, 2.24) is 0 Å². The lowest BCUT2D eigenvalue weighted by Crippen LogP contribution is -1.99. The zero-order valence-electron chi connectivity index (χ0n) is 13.0. The molecule has 2 rings (SSSR count). The monoisotopic (exact) mass is 346 g/mol. The van der Waals surface area contributed by atoms with Crippen molar-refractivity contribution in [2.45, 2.75) is 6.42 Å². The first-order chi connectivity index (χ1) is 11.8. The molecule has 25 heavy (non-hydrogen) atoms. The van der Waals surface area contributed by atoms with Crippen LogP contribution in [0.4, 0.5) is 11.4 Å². The molecule has 0 saturated heterocycles. The molecule has 0 saturated carbocycles. The Morgan fingerprint density at radius 2 is 1.72 bits per heavy atom. The second kappa shape index (κ2) is 7.30. The summed E-state index contributed by atoms with van der Waals surface area (Å²) in [7, 11) is 1.18. The molecule has 0 radical (unpaired) electrons. The van der Waals surface area contributed by atoms with Crippen molar-refractivity contribution >= 4 is 23.3 Å². The number of aliphatic carboxylic acids is 1. The number of carboxylic acid groups (broad SMARTS) is 2. The Morgan fingerprint density at radius 3 is 2.24 bits per heavy atom. The molecule has 4 N–H and O–H groups in total. The van der Waals surface area contributed by atoms with Crippen molar-refractivity contribution in [2.75, 3.05) is 7.11 Å². The molecule has 0 heterocycles. The molecular formula is C16H14N2O7. The first-order valence-electron chi connectivity index (χ1n) is 6.92. The van der Waals surface area contributed by atoms with Gasteiger partial charge in [0.05, 0.1) is 24.8 Å². The summed E-state index contributed by atoms with van der Waals surface area (Å²) in [5.74, 6) is -4.00. The molecule has 0 amide bonds. The van der Waals surface area contributed by atoms with Gasteiger partial charge in [0.1, 0.15) is 5.69 Å². The van der Waals surface area contributed by atoms with Gasteiger partial charge < -0.3 is 25.2 Å². The number of azo groups is 1. The Balaban J connectivity index is 2.41. The van der Waals surface area contributed by atoms with Crippen molar-refractivity contribution in [2.24, 2.45) is 10.2 Å². The van der Waals surface area contributed by atoms with Gasteiger partial charge in [-0.2, -0.15) is 5.11 Å². The number of carbonyl (C=O) groups is 2. The van der Waals surface area contributed by atoms with Crippen molar-refractivity contribution in [3.63, 3.8) is 0 Å². The van der Waals surface area contributed by atoms with E-state index in [0.717, 1.165) is 6.07 Å². The maximum absolute atomic E-state index is 11.3. The number of phenolic OH excluding ortho intramolecular Hbond substituents is 2. The van der Waals surface area contributed by atoms with Gasteiger partial charge in [-0.05, 0) is 17.7 Å². The number of methoxy groups -OCH3 is 1. The third-order valence-corrected chi connectivity index (χ3v) is 3.20. The molecule has 0 unspecified atom stereocenters. The Kier molecular flexibility index (Phi) is 5.18. The highest BCUT2D eigenvalue weighted by Gasteiger charge is 2.22. The second-order valence-corrected chi connectivity index (χ2v) is 4.92. The fraction of sp³-hybridized carbons (Fsp3) is 0.125. The van der Waals surface area contributed by atoms with Crippen LogP contribution in [0.3, 0.4) is 0 Å². The van der Waals surface area contributed by atoms with E-state index in [1.165, 1.54) is 19.2 Å². The van der Waals surface area contributed by atoms with Crippen LogP contribution in [0.25, 0.3) is 0 Å². The van der Waals surface area contributed by atoms with Crippen molar-refractivity contribution in [1.29, 1.82) is 0 Å². The van der Waals surface area contributed by atoms with Gasteiger partial charge >= 0.3 is 11.9 Å². The van der Waals surface area contributed by atoms with Gasteiger partial charge in [0.15, 0.2) is 11.5 Å². The molecule has 0 spiro atoms. The van der Waals surface area contributed by atoms with Gasteiger partial charge in [-0.3, -0.25) is 4.79 Å². The number of phenols is 2. The van der Waals surface area contributed by atoms with Crippen LogP contribution in [0.15, 0.2) is 40.6 Å². The van der Waals surface area contributed by atoms with Gasteiger partial charge in [-0.15, -0.1) is 5.11 Å². The first-order valence-corrected chi connectivity index (χ1v) is 6.92. The number of hydrogen-bond donors (Lipinski definition) is 4. The molecule has 0 atom stereocenters. The van der Waals surface area contributed by atoms with Crippen LogP contribution in [-0.4, -0.2) is 39.5 Å². The van der Waals surface area contributed by atoms with E-state index in [2.05, 4.69) is 10.2 Å². The normalized spacial score (nSPS) is 10.8. The van der Waals surface area contributed by atoms with E-state index in [0.29, 0.717) is 11.3 Å². The lowest BCUT2D eigenvalue weighted by atomic mass is 10.1. The summed E-state index contributed by atoms with van der Waals surface area (Å²) in [6.45, 7) is 0. The molecule has 130 valence electrons. The number of nitrogens with zero attached hydrogens (tertiary/aromatic N) is 2. The van der Waals surface area contributed by atoms with Crippen LogP contribution in [0.2, 0.25) is 0 Å². The zero-order valence-corrected chi connectivity index (χ0v) is 13.0. The fourth-order valence-electron chi connectivity index (χ4n) is 2.04. The molecule has 9 heteroatoms. The van der Waals surface area contributed by atoms with Crippen LogP contribution in [0, 0.1) is 0 Å². The Bertz CT molecular complexity index is 845. The van der Waals surface area contributed by atoms with Crippen LogP contribution in [0.1, 0.15) is 15.9 Å². The summed E-state index contributed by atoms with van der Waals surface area (Å²) in [6.07, 6.45) is -0.139. The highest BCUT2D eigenvalue weighted by atomic mass is 16.5. The van der Waals surface area contributed by atoms with E-state index >= 15 is 0 Å². The predicted octanol–water partition coefficient (Wildman–Crippen LogP) is 2.85. The largest absolute Gasteiger partial charge is 0.504 e. The van der Waals surface area contributed by atoms with E-state index in [4.69, 9.17) is 9.84 Å². The van der Waals surface area contributed by atoms with E-state index in [1.54, 1.807) is 12.1 Å². The minimum absolute atomic E-state index is 0.139. The molecule has 0 fully saturated rings. The standard InChI is InChI=1S/C16H14N2O7/c1-25-15-13(10(16(23)24)7-11(19)14(15)22)18-17-9-4-2-8(3-5-9)6-12(20)21/h2-5,7,19,22H,6H2,1H3,(H,20,21)(H,23,24)/b18-17+. The lowest BCUT2D eigenvalue weighted by molar-refractivity contribution is -0.136. The number of aromatic carboxylic acids is 1. The van der Waals surface area contributed by atoms with Gasteiger partial charge in [0.2, 0.25) is 5.75 Å². The maximum Gasteiger partial charge on any atom is 0.338 e. The van der Waals surface area contributed by atoms with Crippen LogP contribution in [-0.2, 0) is 11.2 Å². The molecule has 9 nitrogen and oxygen atoms in total.